The predicted molar refractivity (Wildman–Crippen MR) is 122 cm³/mol. The van der Waals surface area contributed by atoms with Crippen LogP contribution in [0.1, 0.15) is 23.7 Å². The monoisotopic (exact) mass is 479 g/mol. The van der Waals surface area contributed by atoms with Crippen molar-refractivity contribution in [2.24, 2.45) is 4.99 Å². The summed E-state index contributed by atoms with van der Waals surface area (Å²) in [5.74, 6) is 0.997. The Labute approximate surface area is 179 Å². The maximum atomic E-state index is 4.83. The number of aliphatic imine (C=N–C) groups is 1. The van der Waals surface area contributed by atoms with E-state index in [2.05, 4.69) is 70.3 Å². The van der Waals surface area contributed by atoms with E-state index >= 15 is 0 Å². The van der Waals surface area contributed by atoms with Crippen molar-refractivity contribution in [1.82, 2.24) is 20.1 Å². The number of halogens is 1. The van der Waals surface area contributed by atoms with Crippen molar-refractivity contribution in [3.05, 3.63) is 65.5 Å². The maximum Gasteiger partial charge on any atom is 0.194 e. The molecule has 0 spiro atoms. The van der Waals surface area contributed by atoms with Crippen molar-refractivity contribution in [1.29, 1.82) is 0 Å². The Morgan fingerprint density at radius 1 is 1.07 bits per heavy atom. The Morgan fingerprint density at radius 2 is 1.81 bits per heavy atom. The number of pyridine rings is 1. The number of nitrogens with one attached hydrogen (secondary N) is 1. The molecule has 2 heterocycles. The number of nitrogens with zero attached hydrogens (tertiary/aromatic N) is 4. The molecule has 1 aliphatic rings. The third-order valence-corrected chi connectivity index (χ3v) is 4.75. The van der Waals surface area contributed by atoms with Gasteiger partial charge in [0.15, 0.2) is 5.96 Å². The summed E-state index contributed by atoms with van der Waals surface area (Å²) in [6.07, 6.45) is 1.84. The van der Waals surface area contributed by atoms with E-state index in [4.69, 9.17) is 4.99 Å². The first-order chi connectivity index (χ1) is 12.8. The molecule has 0 unspecified atom stereocenters. The predicted octanol–water partition coefficient (Wildman–Crippen LogP) is 3.29. The summed E-state index contributed by atoms with van der Waals surface area (Å²) in [4.78, 5) is 14.2. The molecular formula is C21H30IN5. The van der Waals surface area contributed by atoms with Crippen molar-refractivity contribution < 1.29 is 0 Å². The number of guanidine groups is 1. The summed E-state index contributed by atoms with van der Waals surface area (Å²) < 4.78 is 0. The molecule has 0 saturated carbocycles. The number of aryl methyl sites for hydroxylation is 1. The Morgan fingerprint density at radius 3 is 2.48 bits per heavy atom. The van der Waals surface area contributed by atoms with E-state index in [-0.39, 0.29) is 24.0 Å². The molecule has 1 aromatic carbocycles. The Hall–Kier alpha value is -1.67. The minimum atomic E-state index is 0. The Bertz CT molecular complexity index is 712. The van der Waals surface area contributed by atoms with Crippen LogP contribution >= 0.6 is 24.0 Å². The lowest BCUT2D eigenvalue weighted by molar-refractivity contribution is 0.172. The molecule has 1 N–H and O–H groups in total. The second kappa shape index (κ2) is 11.2. The largest absolute Gasteiger partial charge is 0.357 e. The number of rotatable bonds is 5. The van der Waals surface area contributed by atoms with Gasteiger partial charge in [-0.2, -0.15) is 0 Å². The molecule has 0 radical (unpaired) electrons. The standard InChI is InChI=1S/C21H29N5.HI/c1-3-22-21(24-16-20-18(2)8-7-11-23-20)26-14-12-25(13-15-26)17-19-9-5-4-6-10-19;/h4-11H,3,12-17H2,1-2H3,(H,22,24);1H. The summed E-state index contributed by atoms with van der Waals surface area (Å²) in [6.45, 7) is 10.9. The van der Waals surface area contributed by atoms with Gasteiger partial charge in [-0.15, -0.1) is 24.0 Å². The van der Waals surface area contributed by atoms with Crippen molar-refractivity contribution in [3.63, 3.8) is 0 Å². The van der Waals surface area contributed by atoms with Crippen LogP contribution < -0.4 is 5.32 Å². The number of aromatic nitrogens is 1. The van der Waals surface area contributed by atoms with Crippen molar-refractivity contribution in [2.45, 2.75) is 26.9 Å². The highest BCUT2D eigenvalue weighted by Crippen LogP contribution is 2.10. The van der Waals surface area contributed by atoms with E-state index in [1.54, 1.807) is 0 Å². The second-order valence-electron chi connectivity index (χ2n) is 6.69. The second-order valence-corrected chi connectivity index (χ2v) is 6.69. The summed E-state index contributed by atoms with van der Waals surface area (Å²) >= 11 is 0. The Kier molecular flexibility index (Phi) is 9.00. The molecule has 1 aliphatic heterocycles. The lowest BCUT2D eigenvalue weighted by Crippen LogP contribution is -2.52. The van der Waals surface area contributed by atoms with Gasteiger partial charge >= 0.3 is 0 Å². The number of hydrogen-bond acceptors (Lipinski definition) is 3. The average molecular weight is 479 g/mol. The first-order valence-electron chi connectivity index (χ1n) is 9.46. The fourth-order valence-corrected chi connectivity index (χ4v) is 3.22. The van der Waals surface area contributed by atoms with Gasteiger partial charge in [-0.3, -0.25) is 9.88 Å². The summed E-state index contributed by atoms with van der Waals surface area (Å²) in [5, 5.41) is 3.44. The molecule has 6 heteroatoms. The van der Waals surface area contributed by atoms with Gasteiger partial charge in [-0.1, -0.05) is 36.4 Å². The van der Waals surface area contributed by atoms with Gasteiger partial charge in [0.05, 0.1) is 12.2 Å². The van der Waals surface area contributed by atoms with Crippen LogP contribution in [0, 0.1) is 6.92 Å². The topological polar surface area (TPSA) is 43.8 Å². The first-order valence-corrected chi connectivity index (χ1v) is 9.46. The van der Waals surface area contributed by atoms with Gasteiger partial charge in [0, 0.05) is 45.5 Å². The third-order valence-electron chi connectivity index (χ3n) is 4.75. The number of piperazine rings is 1. The highest BCUT2D eigenvalue weighted by Gasteiger charge is 2.19. The van der Waals surface area contributed by atoms with Gasteiger partial charge in [-0.25, -0.2) is 4.99 Å². The minimum absolute atomic E-state index is 0. The van der Waals surface area contributed by atoms with Crippen LogP contribution in [0.2, 0.25) is 0 Å². The molecule has 0 amide bonds. The van der Waals surface area contributed by atoms with E-state index in [0.29, 0.717) is 6.54 Å². The maximum absolute atomic E-state index is 4.83. The summed E-state index contributed by atoms with van der Waals surface area (Å²) in [5.41, 5.74) is 3.62. The highest BCUT2D eigenvalue weighted by molar-refractivity contribution is 14.0. The lowest BCUT2D eigenvalue weighted by atomic mass is 10.2. The van der Waals surface area contributed by atoms with E-state index in [0.717, 1.165) is 50.9 Å². The average Bonchev–Trinajstić information content (AvgIpc) is 2.68. The molecule has 1 aromatic heterocycles. The van der Waals surface area contributed by atoms with Crippen LogP contribution in [0.3, 0.4) is 0 Å². The normalized spacial score (nSPS) is 15.3. The quantitative estimate of drug-likeness (QED) is 0.406. The molecule has 1 saturated heterocycles. The molecule has 3 rings (SSSR count). The first kappa shape index (κ1) is 21.6. The van der Waals surface area contributed by atoms with Gasteiger partial charge in [0.2, 0.25) is 0 Å². The van der Waals surface area contributed by atoms with Crippen LogP contribution in [-0.4, -0.2) is 53.5 Å². The van der Waals surface area contributed by atoms with Gasteiger partial charge < -0.3 is 10.2 Å². The molecule has 2 aromatic rings. The molecule has 0 aliphatic carbocycles. The van der Waals surface area contributed by atoms with Crippen molar-refractivity contribution >= 4 is 29.9 Å². The number of benzene rings is 1. The van der Waals surface area contributed by atoms with Crippen molar-refractivity contribution in [2.75, 3.05) is 32.7 Å². The lowest BCUT2D eigenvalue weighted by Gasteiger charge is -2.36. The zero-order valence-corrected chi connectivity index (χ0v) is 18.6. The van der Waals surface area contributed by atoms with Crippen LogP contribution in [0.15, 0.2) is 53.7 Å². The zero-order valence-electron chi connectivity index (χ0n) is 16.3. The van der Waals surface area contributed by atoms with Gasteiger partial charge in [0.1, 0.15) is 0 Å². The van der Waals surface area contributed by atoms with Crippen LogP contribution in [0.5, 0.6) is 0 Å². The summed E-state index contributed by atoms with van der Waals surface area (Å²) in [6, 6.07) is 14.8. The molecule has 0 bridgehead atoms. The van der Waals surface area contributed by atoms with Crippen LogP contribution in [-0.2, 0) is 13.1 Å². The highest BCUT2D eigenvalue weighted by atomic mass is 127. The van der Waals surface area contributed by atoms with Gasteiger partial charge in [-0.05, 0) is 31.0 Å². The minimum Gasteiger partial charge on any atom is -0.357 e. The Balaban J connectivity index is 0.00000261. The number of hydrogen-bond donors (Lipinski definition) is 1. The van der Waals surface area contributed by atoms with E-state index in [1.807, 2.05) is 12.3 Å². The zero-order chi connectivity index (χ0) is 18.2. The van der Waals surface area contributed by atoms with E-state index in [9.17, 15) is 0 Å². The molecule has 27 heavy (non-hydrogen) atoms. The SMILES string of the molecule is CCNC(=NCc1ncccc1C)N1CCN(Cc2ccccc2)CC1.I. The van der Waals surface area contributed by atoms with E-state index < -0.39 is 0 Å². The smallest absolute Gasteiger partial charge is 0.194 e. The van der Waals surface area contributed by atoms with Crippen LogP contribution in [0.4, 0.5) is 0 Å². The van der Waals surface area contributed by atoms with Crippen molar-refractivity contribution in [3.8, 4) is 0 Å². The molecule has 146 valence electrons. The molecular weight excluding hydrogens is 449 g/mol. The summed E-state index contributed by atoms with van der Waals surface area (Å²) in [7, 11) is 0. The fourth-order valence-electron chi connectivity index (χ4n) is 3.22. The molecule has 1 fully saturated rings. The van der Waals surface area contributed by atoms with E-state index in [1.165, 1.54) is 11.1 Å². The third kappa shape index (κ3) is 6.46. The fraction of sp³-hybridized carbons (Fsp3) is 0.429. The molecule has 0 atom stereocenters. The molecule has 5 nitrogen and oxygen atoms in total. The van der Waals surface area contributed by atoms with Gasteiger partial charge in [0.25, 0.3) is 0 Å². The van der Waals surface area contributed by atoms with Crippen LogP contribution in [0.25, 0.3) is 0 Å².